The van der Waals surface area contributed by atoms with E-state index in [1.807, 2.05) is 42.5 Å². The number of aromatic nitrogens is 1. The molecule has 0 radical (unpaired) electrons. The molecule has 1 nitrogen and oxygen atoms in total. The molecule has 3 heteroatoms. The minimum absolute atomic E-state index is 0.741. The molecule has 0 aliphatic rings. The lowest BCUT2D eigenvalue weighted by Crippen LogP contribution is -1.98. The highest BCUT2D eigenvalue weighted by atomic mass is 35.5. The number of hydrogen-bond acceptors (Lipinski definition) is 1. The van der Waals surface area contributed by atoms with Crippen LogP contribution in [0, 0.1) is 4.51 Å². The van der Waals surface area contributed by atoms with Crippen LogP contribution in [0.25, 0.3) is 22.2 Å². The van der Waals surface area contributed by atoms with Crippen molar-refractivity contribution in [3.8, 4) is 11.3 Å². The Morgan fingerprint density at radius 1 is 1.00 bits per heavy atom. The van der Waals surface area contributed by atoms with Crippen LogP contribution in [0.5, 0.6) is 0 Å². The average molecular weight is 286 g/mol. The molecule has 0 N–H and O–H groups in total. The van der Waals surface area contributed by atoms with Crippen LogP contribution in [0.4, 0.5) is 0 Å². The second-order valence-electron chi connectivity index (χ2n) is 4.48. The molecule has 94 valence electrons. The zero-order chi connectivity index (χ0) is 13.4. The van der Waals surface area contributed by atoms with Gasteiger partial charge in [0.15, 0.2) is 0 Å². The first-order valence-corrected chi connectivity index (χ1v) is 6.80. The van der Waals surface area contributed by atoms with E-state index in [0.29, 0.717) is 0 Å². The summed E-state index contributed by atoms with van der Waals surface area (Å²) >= 11 is 11.4. The molecule has 0 amide bonds. The highest BCUT2D eigenvalue weighted by Gasteiger charge is 2.06. The average Bonchev–Trinajstić information content (AvgIpc) is 2.44. The Hall–Kier alpha value is -1.64. The van der Waals surface area contributed by atoms with Gasteiger partial charge in [-0.05, 0) is 29.8 Å². The number of hydrogen-bond donors (Lipinski definition) is 0. The Kier molecular flexibility index (Phi) is 3.13. The summed E-state index contributed by atoms with van der Waals surface area (Å²) in [6.07, 6.45) is 0. The molecular formula is C16H12ClNS. The summed E-state index contributed by atoms with van der Waals surface area (Å²) in [5.74, 6) is 0. The molecule has 0 aliphatic heterocycles. The smallest absolute Gasteiger partial charge is 0.0496 e. The molecule has 0 fully saturated rings. The van der Waals surface area contributed by atoms with Crippen LogP contribution in [0.3, 0.4) is 0 Å². The number of pyridine rings is 1. The van der Waals surface area contributed by atoms with Crippen molar-refractivity contribution in [2.45, 2.75) is 0 Å². The molecule has 0 bridgehead atoms. The first-order valence-electron chi connectivity index (χ1n) is 6.01. The van der Waals surface area contributed by atoms with Crippen LogP contribution in [0.2, 0.25) is 5.02 Å². The Morgan fingerprint density at radius 3 is 2.42 bits per heavy atom. The first kappa shape index (κ1) is 12.4. The molecule has 0 atom stereocenters. The van der Waals surface area contributed by atoms with Gasteiger partial charge in [0, 0.05) is 33.2 Å². The number of para-hydroxylation sites is 1. The Morgan fingerprint density at radius 2 is 1.68 bits per heavy atom. The van der Waals surface area contributed by atoms with Crippen LogP contribution < -0.4 is 0 Å². The lowest BCUT2D eigenvalue weighted by atomic mass is 10.1. The van der Waals surface area contributed by atoms with Crippen molar-refractivity contribution < 1.29 is 0 Å². The quantitative estimate of drug-likeness (QED) is 0.554. The third kappa shape index (κ3) is 2.18. The molecule has 2 aromatic carbocycles. The summed E-state index contributed by atoms with van der Waals surface area (Å²) in [6.45, 7) is 0. The predicted molar refractivity (Wildman–Crippen MR) is 84.2 cm³/mol. The van der Waals surface area contributed by atoms with Crippen molar-refractivity contribution in [2.24, 2.45) is 7.05 Å². The van der Waals surface area contributed by atoms with E-state index < -0.39 is 0 Å². The van der Waals surface area contributed by atoms with E-state index in [2.05, 4.69) is 23.7 Å². The Labute approximate surface area is 122 Å². The molecule has 1 aromatic heterocycles. The molecule has 0 unspecified atom stereocenters. The summed E-state index contributed by atoms with van der Waals surface area (Å²) in [7, 11) is 2.06. The van der Waals surface area contributed by atoms with Gasteiger partial charge in [-0.3, -0.25) is 0 Å². The molecule has 0 spiro atoms. The van der Waals surface area contributed by atoms with Gasteiger partial charge in [0.2, 0.25) is 0 Å². The minimum Gasteiger partial charge on any atom is -0.344 e. The molecule has 3 aromatic rings. The second kappa shape index (κ2) is 4.80. The summed E-state index contributed by atoms with van der Waals surface area (Å²) in [5, 5.41) is 1.85. The largest absolute Gasteiger partial charge is 0.344 e. The van der Waals surface area contributed by atoms with Crippen molar-refractivity contribution in [1.82, 2.24) is 4.57 Å². The van der Waals surface area contributed by atoms with Gasteiger partial charge < -0.3 is 4.57 Å². The van der Waals surface area contributed by atoms with Gasteiger partial charge in [-0.15, -0.1) is 0 Å². The third-order valence-corrected chi connectivity index (χ3v) is 3.89. The van der Waals surface area contributed by atoms with E-state index in [4.69, 9.17) is 23.8 Å². The molecule has 19 heavy (non-hydrogen) atoms. The second-order valence-corrected chi connectivity index (χ2v) is 5.35. The Balaban J connectivity index is 2.33. The number of fused-ring (bicyclic) bond motifs is 1. The van der Waals surface area contributed by atoms with Crippen molar-refractivity contribution in [2.75, 3.05) is 0 Å². The molecule has 3 rings (SSSR count). The maximum absolute atomic E-state index is 5.94. The van der Waals surface area contributed by atoms with Crippen LogP contribution in [0.1, 0.15) is 0 Å². The number of benzene rings is 2. The van der Waals surface area contributed by atoms with Crippen LogP contribution in [-0.2, 0) is 7.05 Å². The summed E-state index contributed by atoms with van der Waals surface area (Å²) < 4.78 is 3.03. The number of halogens is 1. The van der Waals surface area contributed by atoms with E-state index >= 15 is 0 Å². The lowest BCUT2D eigenvalue weighted by molar-refractivity contribution is 0.962. The maximum Gasteiger partial charge on any atom is 0.0496 e. The van der Waals surface area contributed by atoms with Crippen molar-refractivity contribution >= 4 is 34.7 Å². The van der Waals surface area contributed by atoms with E-state index in [0.717, 1.165) is 31.7 Å². The van der Waals surface area contributed by atoms with E-state index in [1.165, 1.54) is 0 Å². The highest BCUT2D eigenvalue weighted by molar-refractivity contribution is 7.71. The van der Waals surface area contributed by atoms with Crippen LogP contribution in [-0.4, -0.2) is 4.57 Å². The van der Waals surface area contributed by atoms with E-state index in [1.54, 1.807) is 0 Å². The molecule has 1 heterocycles. The first-order chi connectivity index (χ1) is 9.16. The minimum atomic E-state index is 0.741. The lowest BCUT2D eigenvalue weighted by Gasteiger charge is -2.13. The normalized spacial score (nSPS) is 10.8. The monoisotopic (exact) mass is 285 g/mol. The van der Waals surface area contributed by atoms with Crippen LogP contribution >= 0.6 is 23.8 Å². The fraction of sp³-hybridized carbons (Fsp3) is 0.0625. The highest BCUT2D eigenvalue weighted by Crippen LogP contribution is 2.26. The molecular weight excluding hydrogens is 274 g/mol. The van der Waals surface area contributed by atoms with Gasteiger partial charge in [-0.25, -0.2) is 0 Å². The number of aryl methyl sites for hydroxylation is 1. The maximum atomic E-state index is 5.94. The van der Waals surface area contributed by atoms with Crippen LogP contribution in [0.15, 0.2) is 54.6 Å². The Bertz CT molecular complexity index is 803. The van der Waals surface area contributed by atoms with Crippen molar-refractivity contribution in [3.63, 3.8) is 0 Å². The van der Waals surface area contributed by atoms with Gasteiger partial charge in [-0.2, -0.15) is 0 Å². The molecule has 0 saturated carbocycles. The van der Waals surface area contributed by atoms with Gasteiger partial charge in [0.05, 0.1) is 0 Å². The molecule has 0 saturated heterocycles. The molecule has 0 aliphatic carbocycles. The summed E-state index contributed by atoms with van der Waals surface area (Å²) in [6, 6.07) is 18.1. The van der Waals surface area contributed by atoms with Gasteiger partial charge >= 0.3 is 0 Å². The fourth-order valence-corrected chi connectivity index (χ4v) is 2.71. The zero-order valence-corrected chi connectivity index (χ0v) is 12.0. The third-order valence-electron chi connectivity index (χ3n) is 3.30. The van der Waals surface area contributed by atoms with Crippen molar-refractivity contribution in [3.05, 3.63) is 64.1 Å². The number of nitrogens with zero attached hydrogens (tertiary/aromatic N) is 1. The summed E-state index contributed by atoms with van der Waals surface area (Å²) in [4.78, 5) is 0. The standard InChI is InChI=1S/C16H12ClNS/c1-18-14-5-3-2-4-13(14)16(19)10-15(18)11-6-8-12(17)9-7-11/h2-10H,1H3. The topological polar surface area (TPSA) is 4.93 Å². The fourth-order valence-electron chi connectivity index (χ4n) is 2.30. The van der Waals surface area contributed by atoms with Gasteiger partial charge in [0.25, 0.3) is 0 Å². The van der Waals surface area contributed by atoms with Crippen molar-refractivity contribution in [1.29, 1.82) is 0 Å². The van der Waals surface area contributed by atoms with E-state index in [-0.39, 0.29) is 0 Å². The zero-order valence-electron chi connectivity index (χ0n) is 10.4. The summed E-state index contributed by atoms with van der Waals surface area (Å²) in [5.41, 5.74) is 3.35. The van der Waals surface area contributed by atoms with Gasteiger partial charge in [0.1, 0.15) is 0 Å². The predicted octanol–water partition coefficient (Wildman–Crippen LogP) is 5.23. The number of rotatable bonds is 1. The van der Waals surface area contributed by atoms with Gasteiger partial charge in [-0.1, -0.05) is 54.2 Å². The SMILES string of the molecule is Cn1c(-c2ccc(Cl)cc2)cc(=S)c2ccccc21. The van der Waals surface area contributed by atoms with E-state index in [9.17, 15) is 0 Å².